The quantitative estimate of drug-likeness (QED) is 0.872. The molecule has 0 radical (unpaired) electrons. The summed E-state index contributed by atoms with van der Waals surface area (Å²) in [5.41, 5.74) is 5.39. The highest BCUT2D eigenvalue weighted by molar-refractivity contribution is 5.85. The molecule has 21 heavy (non-hydrogen) atoms. The fraction of sp³-hybridized carbons (Fsp3) is 0.462. The van der Waals surface area contributed by atoms with Crippen molar-refractivity contribution in [2.75, 3.05) is 13.7 Å². The number of rotatable bonds is 5. The number of carbonyl (C=O) groups is 1. The van der Waals surface area contributed by atoms with Crippen LogP contribution in [0.4, 0.5) is 13.2 Å². The summed E-state index contributed by atoms with van der Waals surface area (Å²) in [6.45, 7) is 1.74. The Balaban J connectivity index is 0.00000400. The highest BCUT2D eigenvalue weighted by atomic mass is 35.5. The molecule has 4 nitrogen and oxygen atoms in total. The number of ether oxygens (including phenoxy) is 1. The average molecular weight is 327 g/mol. The maximum Gasteiger partial charge on any atom is 0.416 e. The fourth-order valence-corrected chi connectivity index (χ4v) is 1.62. The van der Waals surface area contributed by atoms with Gasteiger partial charge in [0.2, 0.25) is 5.91 Å². The molecule has 0 aliphatic rings. The second-order valence-electron chi connectivity index (χ2n) is 4.41. The molecular weight excluding hydrogens is 309 g/mol. The van der Waals surface area contributed by atoms with Crippen molar-refractivity contribution in [2.45, 2.75) is 25.2 Å². The van der Waals surface area contributed by atoms with Gasteiger partial charge in [-0.1, -0.05) is 12.1 Å². The second kappa shape index (κ2) is 8.21. The molecule has 0 aliphatic carbocycles. The summed E-state index contributed by atoms with van der Waals surface area (Å²) in [6, 6.07) is 3.37. The largest absolute Gasteiger partial charge is 0.416 e. The third-order valence-electron chi connectivity index (χ3n) is 2.78. The van der Waals surface area contributed by atoms with Crippen LogP contribution >= 0.6 is 12.4 Å². The van der Waals surface area contributed by atoms with Crippen LogP contribution in [-0.4, -0.2) is 25.7 Å². The summed E-state index contributed by atoms with van der Waals surface area (Å²) in [6.07, 6.45) is -4.37. The van der Waals surface area contributed by atoms with Crippen LogP contribution in [0.25, 0.3) is 0 Å². The molecule has 0 fully saturated rings. The van der Waals surface area contributed by atoms with E-state index in [1.165, 1.54) is 19.2 Å². The van der Waals surface area contributed by atoms with E-state index >= 15 is 0 Å². The van der Waals surface area contributed by atoms with Gasteiger partial charge in [-0.3, -0.25) is 4.79 Å². The smallest absolute Gasteiger partial charge is 0.383 e. The van der Waals surface area contributed by atoms with Gasteiger partial charge in [0.05, 0.1) is 18.2 Å². The molecule has 8 heteroatoms. The number of benzene rings is 1. The van der Waals surface area contributed by atoms with Crippen LogP contribution in [0.5, 0.6) is 0 Å². The molecule has 2 unspecified atom stereocenters. The van der Waals surface area contributed by atoms with E-state index < -0.39 is 29.7 Å². The van der Waals surface area contributed by atoms with Crippen molar-refractivity contribution in [3.8, 4) is 0 Å². The van der Waals surface area contributed by atoms with Crippen LogP contribution in [0, 0.1) is 0 Å². The highest BCUT2D eigenvalue weighted by Gasteiger charge is 2.30. The Bertz CT molecular complexity index is 452. The fourth-order valence-electron chi connectivity index (χ4n) is 1.62. The third kappa shape index (κ3) is 5.91. The zero-order valence-corrected chi connectivity index (χ0v) is 12.4. The van der Waals surface area contributed by atoms with Gasteiger partial charge in [-0.2, -0.15) is 13.2 Å². The number of alkyl halides is 3. The lowest BCUT2D eigenvalue weighted by Crippen LogP contribution is -2.44. The van der Waals surface area contributed by atoms with Gasteiger partial charge in [-0.25, -0.2) is 0 Å². The first-order chi connectivity index (χ1) is 9.25. The van der Waals surface area contributed by atoms with Gasteiger partial charge in [-0.15, -0.1) is 12.4 Å². The molecule has 1 amide bonds. The Morgan fingerprint density at radius 2 is 1.86 bits per heavy atom. The minimum Gasteiger partial charge on any atom is -0.383 e. The second-order valence-corrected chi connectivity index (χ2v) is 4.41. The minimum absolute atomic E-state index is 0. The molecule has 0 saturated heterocycles. The SMILES string of the molecule is COCC(N)C(=O)NC(C)c1ccc(C(F)(F)F)cc1.Cl. The predicted octanol–water partition coefficient (Wildman–Crippen LogP) is 2.28. The van der Waals surface area contributed by atoms with Gasteiger partial charge in [0.1, 0.15) is 6.04 Å². The molecule has 0 bridgehead atoms. The van der Waals surface area contributed by atoms with Crippen LogP contribution in [0.1, 0.15) is 24.1 Å². The summed E-state index contributed by atoms with van der Waals surface area (Å²) in [5, 5.41) is 2.61. The molecule has 120 valence electrons. The lowest BCUT2D eigenvalue weighted by Gasteiger charge is -2.18. The first-order valence-electron chi connectivity index (χ1n) is 5.97. The van der Waals surface area contributed by atoms with Crippen molar-refractivity contribution >= 4 is 18.3 Å². The number of halogens is 4. The molecular formula is C13H18ClF3N2O2. The Labute approximate surface area is 127 Å². The zero-order chi connectivity index (χ0) is 15.3. The molecule has 1 aromatic rings. The normalized spacial score (nSPS) is 14.0. The van der Waals surface area contributed by atoms with E-state index in [1.54, 1.807) is 6.92 Å². The molecule has 1 rings (SSSR count). The van der Waals surface area contributed by atoms with Crippen molar-refractivity contribution in [1.29, 1.82) is 0 Å². The highest BCUT2D eigenvalue weighted by Crippen LogP contribution is 2.29. The van der Waals surface area contributed by atoms with E-state index in [2.05, 4.69) is 5.32 Å². The van der Waals surface area contributed by atoms with Crippen molar-refractivity contribution < 1.29 is 22.7 Å². The predicted molar refractivity (Wildman–Crippen MR) is 75.1 cm³/mol. The van der Waals surface area contributed by atoms with Crippen LogP contribution in [0.15, 0.2) is 24.3 Å². The zero-order valence-electron chi connectivity index (χ0n) is 11.6. The van der Waals surface area contributed by atoms with Crippen LogP contribution in [-0.2, 0) is 15.7 Å². The summed E-state index contributed by atoms with van der Waals surface area (Å²) in [5.74, 6) is -0.417. The molecule has 0 heterocycles. The number of carbonyl (C=O) groups excluding carboxylic acids is 1. The Morgan fingerprint density at radius 1 is 1.33 bits per heavy atom. The number of amides is 1. The number of nitrogens with two attached hydrogens (primary N) is 1. The molecule has 0 aromatic heterocycles. The molecule has 0 aliphatic heterocycles. The van der Waals surface area contributed by atoms with E-state index in [4.69, 9.17) is 10.5 Å². The van der Waals surface area contributed by atoms with E-state index in [0.29, 0.717) is 5.56 Å². The summed E-state index contributed by atoms with van der Waals surface area (Å²) < 4.78 is 42.0. The van der Waals surface area contributed by atoms with Gasteiger partial charge in [-0.05, 0) is 24.6 Å². The van der Waals surface area contributed by atoms with E-state index in [-0.39, 0.29) is 19.0 Å². The van der Waals surface area contributed by atoms with Crippen molar-refractivity contribution in [3.63, 3.8) is 0 Å². The summed E-state index contributed by atoms with van der Waals surface area (Å²) in [4.78, 5) is 11.6. The lowest BCUT2D eigenvalue weighted by molar-refractivity contribution is -0.137. The average Bonchev–Trinajstić information content (AvgIpc) is 2.38. The monoisotopic (exact) mass is 326 g/mol. The number of nitrogens with one attached hydrogen (secondary N) is 1. The van der Waals surface area contributed by atoms with Gasteiger partial charge in [0, 0.05) is 7.11 Å². The summed E-state index contributed by atoms with van der Waals surface area (Å²) in [7, 11) is 1.42. The van der Waals surface area contributed by atoms with E-state index in [1.807, 2.05) is 0 Å². The Morgan fingerprint density at radius 3 is 2.29 bits per heavy atom. The van der Waals surface area contributed by atoms with Crippen LogP contribution < -0.4 is 11.1 Å². The van der Waals surface area contributed by atoms with Gasteiger partial charge in [0.15, 0.2) is 0 Å². The van der Waals surface area contributed by atoms with Crippen molar-refractivity contribution in [1.82, 2.24) is 5.32 Å². The molecule has 0 saturated carbocycles. The maximum absolute atomic E-state index is 12.4. The first kappa shape index (κ1) is 19.7. The van der Waals surface area contributed by atoms with Crippen LogP contribution in [0.2, 0.25) is 0 Å². The molecule has 3 N–H and O–H groups in total. The Kier molecular flexibility index (Phi) is 7.70. The standard InChI is InChI=1S/C13H17F3N2O2.ClH/c1-8(18-12(19)11(17)7-20-2)9-3-5-10(6-4-9)13(14,15)16;/h3-6,8,11H,7,17H2,1-2H3,(H,18,19);1H. The van der Waals surface area contributed by atoms with E-state index in [9.17, 15) is 18.0 Å². The number of hydrogen-bond donors (Lipinski definition) is 2. The van der Waals surface area contributed by atoms with Crippen molar-refractivity contribution in [2.24, 2.45) is 5.73 Å². The topological polar surface area (TPSA) is 64.3 Å². The van der Waals surface area contributed by atoms with Crippen molar-refractivity contribution in [3.05, 3.63) is 35.4 Å². The Hall–Kier alpha value is -1.31. The number of methoxy groups -OCH3 is 1. The molecule has 2 atom stereocenters. The number of hydrogen-bond acceptors (Lipinski definition) is 3. The lowest BCUT2D eigenvalue weighted by atomic mass is 10.1. The van der Waals surface area contributed by atoms with E-state index in [0.717, 1.165) is 12.1 Å². The van der Waals surface area contributed by atoms with Gasteiger partial charge >= 0.3 is 6.18 Å². The van der Waals surface area contributed by atoms with Gasteiger partial charge in [0.25, 0.3) is 0 Å². The molecule has 1 aromatic carbocycles. The van der Waals surface area contributed by atoms with Gasteiger partial charge < -0.3 is 15.8 Å². The third-order valence-corrected chi connectivity index (χ3v) is 2.78. The van der Waals surface area contributed by atoms with Crippen LogP contribution in [0.3, 0.4) is 0 Å². The summed E-state index contributed by atoms with van der Waals surface area (Å²) >= 11 is 0. The molecule has 0 spiro atoms. The minimum atomic E-state index is -4.37. The first-order valence-corrected chi connectivity index (χ1v) is 5.97. The maximum atomic E-state index is 12.4.